The number of ketones is 2. The quantitative estimate of drug-likeness (QED) is 0.177. The van der Waals surface area contributed by atoms with Gasteiger partial charge in [0.1, 0.15) is 23.8 Å². The summed E-state index contributed by atoms with van der Waals surface area (Å²) in [6.45, 7) is 6.11. The van der Waals surface area contributed by atoms with Crippen molar-refractivity contribution in [2.75, 3.05) is 0 Å². The fourth-order valence-electron chi connectivity index (χ4n) is 2.90. The highest BCUT2D eigenvalue weighted by Gasteiger charge is 2.49. The van der Waals surface area contributed by atoms with Crippen molar-refractivity contribution in [1.29, 1.82) is 0 Å². The van der Waals surface area contributed by atoms with E-state index in [1.165, 1.54) is 27.7 Å². The predicted octanol–water partition coefficient (Wildman–Crippen LogP) is -3.45. The molecule has 10 N–H and O–H groups in total. The van der Waals surface area contributed by atoms with Gasteiger partial charge in [-0.25, -0.2) is 9.59 Å². The first-order valence-corrected chi connectivity index (χ1v) is 10.1. The van der Waals surface area contributed by atoms with Crippen molar-refractivity contribution < 1.29 is 70.2 Å². The molecule has 2 unspecified atom stereocenters. The Kier molecular flexibility index (Phi) is 14.4. The Hall–Kier alpha value is -2.04. The van der Waals surface area contributed by atoms with E-state index in [4.69, 9.17) is 40.9 Å². The summed E-state index contributed by atoms with van der Waals surface area (Å²) >= 11 is 0. The number of carbonyl (C=O) groups is 4. The summed E-state index contributed by atoms with van der Waals surface area (Å²) in [7, 11) is 0. The fraction of sp³-hybridized carbons (Fsp3) is 0.800. The van der Waals surface area contributed by atoms with Crippen LogP contribution in [0.3, 0.4) is 0 Å². The maximum absolute atomic E-state index is 10.5. The fourth-order valence-corrected chi connectivity index (χ4v) is 2.90. The maximum atomic E-state index is 10.5. The topological polar surface area (TPSA) is 271 Å². The molecule has 0 heterocycles. The maximum Gasteiger partial charge on any atom is 0.335 e. The molecule has 34 heavy (non-hydrogen) atoms. The molecule has 0 aromatic carbocycles. The van der Waals surface area contributed by atoms with E-state index < -0.39 is 85.4 Å². The highest BCUT2D eigenvalue weighted by Crippen LogP contribution is 2.30. The molecule has 2 saturated carbocycles. The molecule has 14 nitrogen and oxygen atoms in total. The minimum atomic E-state index is -2.14. The van der Waals surface area contributed by atoms with Crippen LogP contribution in [0.2, 0.25) is 0 Å². The van der Waals surface area contributed by atoms with Crippen LogP contribution >= 0.6 is 0 Å². The molecule has 2 aliphatic rings. The molecule has 8 atom stereocenters. The lowest BCUT2D eigenvalue weighted by Crippen LogP contribution is -2.56. The smallest absolute Gasteiger partial charge is 0.335 e. The molecule has 2 fully saturated rings. The van der Waals surface area contributed by atoms with Crippen molar-refractivity contribution >= 4 is 23.5 Å². The van der Waals surface area contributed by atoms with Crippen molar-refractivity contribution in [2.45, 2.75) is 101 Å². The molecule has 200 valence electrons. The van der Waals surface area contributed by atoms with Gasteiger partial charge in [-0.05, 0) is 27.7 Å². The lowest BCUT2D eigenvalue weighted by molar-refractivity contribution is -0.187. The Morgan fingerprint density at radius 2 is 0.676 bits per heavy atom. The van der Waals surface area contributed by atoms with Gasteiger partial charge in [0.2, 0.25) is 0 Å². The van der Waals surface area contributed by atoms with Gasteiger partial charge >= 0.3 is 11.9 Å². The molecule has 2 aliphatic carbocycles. The van der Waals surface area contributed by atoms with Gasteiger partial charge in [0.15, 0.2) is 11.2 Å². The van der Waals surface area contributed by atoms with Gasteiger partial charge < -0.3 is 60.7 Å². The third kappa shape index (κ3) is 11.9. The van der Waals surface area contributed by atoms with E-state index in [1.54, 1.807) is 0 Å². The minimum Gasteiger partial charge on any atom is -0.479 e. The van der Waals surface area contributed by atoms with Crippen molar-refractivity contribution in [2.24, 2.45) is 0 Å². The average Bonchev–Trinajstić information content (AvgIpc) is 2.63. The van der Waals surface area contributed by atoms with E-state index >= 15 is 0 Å². The molecule has 0 aliphatic heterocycles. The molecule has 0 aromatic heterocycles. The third-order valence-corrected chi connectivity index (χ3v) is 4.56. The zero-order valence-corrected chi connectivity index (χ0v) is 19.4. The second-order valence-corrected chi connectivity index (χ2v) is 8.56. The van der Waals surface area contributed by atoms with Crippen LogP contribution in [-0.4, -0.2) is 122 Å². The SMILES string of the molecule is CC(C)=O.CC(C)=O.O=C(O)[C@@]1(O)CC(O)[C@H](O)[C@H](O)C1.O=C(O)[C@@]1(O)CC(O)[C@H](O)[C@H](O)C1. The third-order valence-electron chi connectivity index (χ3n) is 4.56. The van der Waals surface area contributed by atoms with Crippen LogP contribution in [0.5, 0.6) is 0 Å². The Balaban J connectivity index is 0. The van der Waals surface area contributed by atoms with E-state index in [-0.39, 0.29) is 11.6 Å². The van der Waals surface area contributed by atoms with E-state index in [0.717, 1.165) is 0 Å². The lowest BCUT2D eigenvalue weighted by atomic mass is 9.80. The van der Waals surface area contributed by atoms with Crippen LogP contribution in [0, 0.1) is 0 Å². The van der Waals surface area contributed by atoms with Gasteiger partial charge in [0.25, 0.3) is 0 Å². The van der Waals surface area contributed by atoms with Crippen LogP contribution in [0.4, 0.5) is 0 Å². The van der Waals surface area contributed by atoms with Crippen LogP contribution < -0.4 is 0 Å². The second-order valence-electron chi connectivity index (χ2n) is 8.56. The standard InChI is InChI=1S/2C7H12O6.2C3H6O/c2*8-3-1-7(13,6(11)12)2-4(9)5(3)10;2*1-3(2)4/h2*3-5,8-10,13H,1-2H2,(H,11,12);2*1-2H3/t2*3-,4?,5-,7+;;/m11../s1. The number of hydrogen-bond acceptors (Lipinski definition) is 12. The normalized spacial score (nSPS) is 36.7. The number of carboxylic acid groups (broad SMARTS) is 2. The predicted molar refractivity (Wildman–Crippen MR) is 112 cm³/mol. The van der Waals surface area contributed by atoms with Crippen molar-refractivity contribution in [1.82, 2.24) is 0 Å². The van der Waals surface area contributed by atoms with Crippen LogP contribution in [0.1, 0.15) is 53.4 Å². The summed E-state index contributed by atoms with van der Waals surface area (Å²) < 4.78 is 0. The zero-order valence-electron chi connectivity index (χ0n) is 19.4. The monoisotopic (exact) mass is 500 g/mol. The summed E-state index contributed by atoms with van der Waals surface area (Å²) in [6, 6.07) is 0. The number of aliphatic carboxylic acids is 2. The first-order valence-electron chi connectivity index (χ1n) is 10.1. The molecule has 2 rings (SSSR count). The van der Waals surface area contributed by atoms with E-state index in [0.29, 0.717) is 0 Å². The Bertz CT molecular complexity index is 603. The summed E-state index contributed by atoms with van der Waals surface area (Å²) in [5.74, 6) is -2.67. The molecule has 0 bridgehead atoms. The van der Waals surface area contributed by atoms with Crippen molar-refractivity contribution in [3.8, 4) is 0 Å². The summed E-state index contributed by atoms with van der Waals surface area (Å²) in [6.07, 6.45) is -10.3. The molecule has 0 amide bonds. The van der Waals surface area contributed by atoms with Crippen LogP contribution in [0.15, 0.2) is 0 Å². The van der Waals surface area contributed by atoms with Gasteiger partial charge in [0.05, 0.1) is 24.4 Å². The molecule has 0 radical (unpaired) electrons. The van der Waals surface area contributed by atoms with Gasteiger partial charge in [-0.1, -0.05) is 0 Å². The van der Waals surface area contributed by atoms with Gasteiger partial charge in [-0.2, -0.15) is 0 Å². The number of rotatable bonds is 2. The average molecular weight is 500 g/mol. The second kappa shape index (κ2) is 14.4. The van der Waals surface area contributed by atoms with Gasteiger partial charge in [-0.3, -0.25) is 0 Å². The van der Waals surface area contributed by atoms with Crippen LogP contribution in [0.25, 0.3) is 0 Å². The van der Waals surface area contributed by atoms with Crippen LogP contribution in [-0.2, 0) is 19.2 Å². The number of Topliss-reactive ketones (excluding diaryl/α,β-unsaturated/α-hetero) is 2. The Labute approximate surface area is 195 Å². The van der Waals surface area contributed by atoms with E-state index in [1.807, 2.05) is 0 Å². The number of aliphatic hydroxyl groups is 8. The first-order chi connectivity index (χ1) is 15.2. The van der Waals surface area contributed by atoms with Gasteiger partial charge in [-0.15, -0.1) is 0 Å². The zero-order chi connectivity index (χ0) is 27.6. The number of carbonyl (C=O) groups excluding carboxylic acids is 2. The molecule has 0 aromatic rings. The van der Waals surface area contributed by atoms with Gasteiger partial charge in [0, 0.05) is 25.7 Å². The van der Waals surface area contributed by atoms with Crippen molar-refractivity contribution in [3.63, 3.8) is 0 Å². The Morgan fingerprint density at radius 1 is 0.529 bits per heavy atom. The lowest BCUT2D eigenvalue weighted by Gasteiger charge is -2.37. The molecule has 0 spiro atoms. The first kappa shape index (κ1) is 34.1. The largest absolute Gasteiger partial charge is 0.479 e. The molecule has 0 saturated heterocycles. The molecular formula is C20H36O14. The minimum absolute atomic E-state index is 0.167. The highest BCUT2D eigenvalue weighted by molar-refractivity contribution is 5.78. The molecular weight excluding hydrogens is 464 g/mol. The summed E-state index contributed by atoms with van der Waals surface area (Å²) in [5, 5.41) is 90.4. The molecule has 14 heteroatoms. The number of aliphatic hydroxyl groups excluding tert-OH is 6. The number of hydrogen-bond donors (Lipinski definition) is 10. The van der Waals surface area contributed by atoms with E-state index in [2.05, 4.69) is 0 Å². The van der Waals surface area contributed by atoms with Crippen molar-refractivity contribution in [3.05, 3.63) is 0 Å². The summed E-state index contributed by atoms with van der Waals surface area (Å²) in [4.78, 5) is 39.9. The highest BCUT2D eigenvalue weighted by atomic mass is 16.4. The number of carboxylic acids is 2. The Morgan fingerprint density at radius 3 is 0.794 bits per heavy atom. The van der Waals surface area contributed by atoms with E-state index in [9.17, 15) is 29.4 Å². The summed E-state index contributed by atoms with van der Waals surface area (Å²) in [5.41, 5.74) is -4.28.